The van der Waals surface area contributed by atoms with Crippen LogP contribution < -0.4 is 14.8 Å². The number of nitrogens with zero attached hydrogens (tertiary/aromatic N) is 1. The SMILES string of the molecule is COCCNC(=O)[C@H]1CCC(=O)N1[C@H]1OC(=O)c2c1ccc(OC)c2OC. The molecular formula is C18H22N2O7. The van der Waals surface area contributed by atoms with E-state index < -0.39 is 18.2 Å². The van der Waals surface area contributed by atoms with Gasteiger partial charge < -0.3 is 24.3 Å². The molecule has 1 N–H and O–H groups in total. The summed E-state index contributed by atoms with van der Waals surface area (Å²) in [7, 11) is 4.42. The van der Waals surface area contributed by atoms with Crippen molar-refractivity contribution in [2.75, 3.05) is 34.5 Å². The van der Waals surface area contributed by atoms with E-state index in [2.05, 4.69) is 5.32 Å². The molecule has 0 saturated carbocycles. The van der Waals surface area contributed by atoms with E-state index in [1.54, 1.807) is 12.1 Å². The number of cyclic esters (lactones) is 1. The molecule has 9 heteroatoms. The third kappa shape index (κ3) is 3.30. The summed E-state index contributed by atoms with van der Waals surface area (Å²) in [6.07, 6.45) is -0.409. The quantitative estimate of drug-likeness (QED) is 0.548. The molecule has 0 aromatic heterocycles. The molecule has 0 aliphatic carbocycles. The highest BCUT2D eigenvalue weighted by atomic mass is 16.6. The summed E-state index contributed by atoms with van der Waals surface area (Å²) in [4.78, 5) is 38.8. The molecule has 0 unspecified atom stereocenters. The van der Waals surface area contributed by atoms with Crippen LogP contribution in [0.4, 0.5) is 0 Å². The van der Waals surface area contributed by atoms with Gasteiger partial charge in [-0.3, -0.25) is 14.5 Å². The minimum atomic E-state index is -0.972. The highest BCUT2D eigenvalue weighted by molar-refractivity contribution is 5.99. The van der Waals surface area contributed by atoms with Crippen LogP contribution in [0.3, 0.4) is 0 Å². The topological polar surface area (TPSA) is 103 Å². The van der Waals surface area contributed by atoms with Crippen molar-refractivity contribution in [2.45, 2.75) is 25.1 Å². The number of rotatable bonds is 7. The van der Waals surface area contributed by atoms with Crippen LogP contribution in [0.25, 0.3) is 0 Å². The predicted octanol–water partition coefficient (Wildman–Crippen LogP) is 0.626. The van der Waals surface area contributed by atoms with E-state index in [0.29, 0.717) is 30.9 Å². The zero-order valence-corrected chi connectivity index (χ0v) is 15.4. The van der Waals surface area contributed by atoms with Gasteiger partial charge in [-0.15, -0.1) is 0 Å². The van der Waals surface area contributed by atoms with Crippen LogP contribution in [-0.2, 0) is 19.1 Å². The van der Waals surface area contributed by atoms with E-state index in [1.165, 1.54) is 26.2 Å². The largest absolute Gasteiger partial charge is 0.493 e. The average molecular weight is 378 g/mol. The van der Waals surface area contributed by atoms with Gasteiger partial charge in [0.2, 0.25) is 18.0 Å². The summed E-state index contributed by atoms with van der Waals surface area (Å²) in [5.74, 6) is -0.542. The minimum absolute atomic E-state index is 0.207. The normalized spacial score (nSPS) is 21.1. The summed E-state index contributed by atoms with van der Waals surface area (Å²) < 4.78 is 20.9. The second kappa shape index (κ2) is 7.83. The second-order valence-corrected chi connectivity index (χ2v) is 6.16. The fourth-order valence-electron chi connectivity index (χ4n) is 3.44. The molecule has 1 aromatic rings. The number of fused-ring (bicyclic) bond motifs is 1. The third-order valence-electron chi connectivity index (χ3n) is 4.68. The number of amides is 2. The lowest BCUT2D eigenvalue weighted by Crippen LogP contribution is -2.47. The maximum Gasteiger partial charge on any atom is 0.344 e. The Hall–Kier alpha value is -2.81. The summed E-state index contributed by atoms with van der Waals surface area (Å²) in [5, 5.41) is 2.73. The fraction of sp³-hybridized carbons (Fsp3) is 0.500. The summed E-state index contributed by atoms with van der Waals surface area (Å²) in [6, 6.07) is 2.57. The lowest BCUT2D eigenvalue weighted by atomic mass is 10.1. The number of ether oxygens (including phenoxy) is 4. The van der Waals surface area contributed by atoms with Crippen molar-refractivity contribution in [3.63, 3.8) is 0 Å². The molecule has 1 fully saturated rings. The zero-order chi connectivity index (χ0) is 19.6. The number of carbonyl (C=O) groups excluding carboxylic acids is 3. The maximum atomic E-state index is 12.5. The zero-order valence-electron chi connectivity index (χ0n) is 15.4. The summed E-state index contributed by atoms with van der Waals surface area (Å²) >= 11 is 0. The van der Waals surface area contributed by atoms with E-state index in [1.807, 2.05) is 0 Å². The highest BCUT2D eigenvalue weighted by Gasteiger charge is 2.47. The average Bonchev–Trinajstić information content (AvgIpc) is 3.21. The molecule has 9 nitrogen and oxygen atoms in total. The van der Waals surface area contributed by atoms with E-state index in [9.17, 15) is 14.4 Å². The number of nitrogens with one attached hydrogen (secondary N) is 1. The Kier molecular flexibility index (Phi) is 5.50. The molecule has 2 atom stereocenters. The third-order valence-corrected chi connectivity index (χ3v) is 4.68. The molecule has 0 bridgehead atoms. The molecule has 0 spiro atoms. The molecule has 2 aliphatic rings. The second-order valence-electron chi connectivity index (χ2n) is 6.16. The molecule has 2 amide bonds. The smallest absolute Gasteiger partial charge is 0.344 e. The first-order valence-corrected chi connectivity index (χ1v) is 8.57. The lowest BCUT2D eigenvalue weighted by molar-refractivity contribution is -0.145. The first kappa shape index (κ1) is 19.0. The van der Waals surface area contributed by atoms with Crippen LogP contribution in [0.1, 0.15) is 35.0 Å². The van der Waals surface area contributed by atoms with E-state index in [4.69, 9.17) is 18.9 Å². The molecule has 2 heterocycles. The van der Waals surface area contributed by atoms with Crippen molar-refractivity contribution in [1.29, 1.82) is 0 Å². The van der Waals surface area contributed by atoms with Gasteiger partial charge in [0.1, 0.15) is 11.6 Å². The fourth-order valence-corrected chi connectivity index (χ4v) is 3.44. The van der Waals surface area contributed by atoms with Crippen molar-refractivity contribution >= 4 is 17.8 Å². The number of methoxy groups -OCH3 is 3. The van der Waals surface area contributed by atoms with Gasteiger partial charge in [0.25, 0.3) is 0 Å². The van der Waals surface area contributed by atoms with E-state index >= 15 is 0 Å². The van der Waals surface area contributed by atoms with Gasteiger partial charge in [-0.05, 0) is 18.6 Å². The van der Waals surface area contributed by atoms with Gasteiger partial charge in [-0.2, -0.15) is 0 Å². The molecule has 146 valence electrons. The van der Waals surface area contributed by atoms with Gasteiger partial charge in [-0.25, -0.2) is 4.79 Å². The van der Waals surface area contributed by atoms with Crippen LogP contribution >= 0.6 is 0 Å². The minimum Gasteiger partial charge on any atom is -0.493 e. The van der Waals surface area contributed by atoms with Gasteiger partial charge in [0, 0.05) is 25.6 Å². The molecule has 2 aliphatic heterocycles. The van der Waals surface area contributed by atoms with Crippen LogP contribution in [0.5, 0.6) is 11.5 Å². The van der Waals surface area contributed by atoms with Crippen molar-refractivity contribution in [1.82, 2.24) is 10.2 Å². The first-order chi connectivity index (χ1) is 13.0. The highest BCUT2D eigenvalue weighted by Crippen LogP contribution is 2.45. The van der Waals surface area contributed by atoms with Crippen LogP contribution in [0, 0.1) is 0 Å². The monoisotopic (exact) mass is 378 g/mol. The Balaban J connectivity index is 1.91. The predicted molar refractivity (Wildman–Crippen MR) is 92.5 cm³/mol. The number of hydrogen-bond donors (Lipinski definition) is 1. The van der Waals surface area contributed by atoms with Crippen LogP contribution in [0.2, 0.25) is 0 Å². The Morgan fingerprint density at radius 2 is 2.04 bits per heavy atom. The number of likely N-dealkylation sites (tertiary alicyclic amines) is 1. The maximum absolute atomic E-state index is 12.5. The molecule has 1 saturated heterocycles. The number of esters is 1. The first-order valence-electron chi connectivity index (χ1n) is 8.57. The van der Waals surface area contributed by atoms with E-state index in [0.717, 1.165) is 0 Å². The molecule has 0 radical (unpaired) electrons. The van der Waals surface area contributed by atoms with Crippen molar-refractivity contribution < 1.29 is 33.3 Å². The number of hydrogen-bond acceptors (Lipinski definition) is 7. The van der Waals surface area contributed by atoms with Gasteiger partial charge in [0.15, 0.2) is 11.5 Å². The van der Waals surface area contributed by atoms with Crippen molar-refractivity contribution in [3.05, 3.63) is 23.3 Å². The Morgan fingerprint density at radius 3 is 2.70 bits per heavy atom. The Labute approximate surface area is 156 Å². The van der Waals surface area contributed by atoms with Gasteiger partial charge in [0.05, 0.1) is 20.8 Å². The van der Waals surface area contributed by atoms with Crippen molar-refractivity contribution in [2.24, 2.45) is 0 Å². The van der Waals surface area contributed by atoms with E-state index in [-0.39, 0.29) is 29.5 Å². The number of benzene rings is 1. The Bertz CT molecular complexity index is 764. The van der Waals surface area contributed by atoms with Crippen LogP contribution in [-0.4, -0.2) is 63.2 Å². The molecule has 27 heavy (non-hydrogen) atoms. The molecule has 3 rings (SSSR count). The molecule has 1 aromatic carbocycles. The number of carbonyl (C=O) groups is 3. The standard InChI is InChI=1S/C18H22N2O7/c1-24-9-8-19-16(22)11-5-7-13(21)20(11)17-10-4-6-12(25-2)15(26-3)14(10)18(23)27-17/h4,6,11,17H,5,7-9H2,1-3H3,(H,19,22)/t11-,17+/m1/s1. The Morgan fingerprint density at radius 1 is 1.26 bits per heavy atom. The lowest BCUT2D eigenvalue weighted by Gasteiger charge is -2.29. The van der Waals surface area contributed by atoms with Gasteiger partial charge in [-0.1, -0.05) is 0 Å². The molecular weight excluding hydrogens is 356 g/mol. The van der Waals surface area contributed by atoms with Crippen molar-refractivity contribution in [3.8, 4) is 11.5 Å². The van der Waals surface area contributed by atoms with Gasteiger partial charge >= 0.3 is 5.97 Å². The van der Waals surface area contributed by atoms with Crippen LogP contribution in [0.15, 0.2) is 12.1 Å². The summed E-state index contributed by atoms with van der Waals surface area (Å²) in [6.45, 7) is 0.699. The summed E-state index contributed by atoms with van der Waals surface area (Å²) in [5.41, 5.74) is 0.683.